The molecular weight excluding hydrogens is 402 g/mol. The first-order valence-electron chi connectivity index (χ1n) is 9.89. The molecule has 0 heterocycles. The quantitative estimate of drug-likeness (QED) is 0.330. The van der Waals surface area contributed by atoms with Crippen molar-refractivity contribution in [3.8, 4) is 0 Å². The van der Waals surface area contributed by atoms with E-state index in [1.807, 2.05) is 0 Å². The fourth-order valence-corrected chi connectivity index (χ4v) is 2.59. The summed E-state index contributed by atoms with van der Waals surface area (Å²) < 4.78 is 0. The van der Waals surface area contributed by atoms with Gasteiger partial charge in [0.25, 0.3) is 0 Å². The molecule has 172 valence electrons. The van der Waals surface area contributed by atoms with E-state index in [4.69, 9.17) is 0 Å². The Morgan fingerprint density at radius 1 is 0.645 bits per heavy atom. The van der Waals surface area contributed by atoms with Crippen molar-refractivity contribution in [2.45, 2.75) is 13.8 Å². The van der Waals surface area contributed by atoms with Crippen LogP contribution in [0.2, 0.25) is 0 Å². The van der Waals surface area contributed by atoms with Crippen LogP contribution in [0.25, 0.3) is 0 Å². The van der Waals surface area contributed by atoms with Gasteiger partial charge in [-0.2, -0.15) is 0 Å². The highest BCUT2D eigenvalue weighted by Crippen LogP contribution is 1.99. The number of carbonyl (C=O) groups excluding carboxylic acids is 5. The van der Waals surface area contributed by atoms with E-state index in [9.17, 15) is 24.0 Å². The maximum atomic E-state index is 12.2. The Balaban J connectivity index is 4.95. The molecule has 0 aromatic carbocycles. The van der Waals surface area contributed by atoms with Crippen LogP contribution in [0, 0.1) is 0 Å². The van der Waals surface area contributed by atoms with Gasteiger partial charge in [0.05, 0.1) is 0 Å². The minimum atomic E-state index is -0.349. The predicted molar refractivity (Wildman–Crippen MR) is 118 cm³/mol. The zero-order valence-electron chi connectivity index (χ0n) is 18.4. The van der Waals surface area contributed by atoms with E-state index in [0.29, 0.717) is 13.1 Å². The number of amides is 5. The highest BCUT2D eigenvalue weighted by atomic mass is 16.2. The number of carbonyl (C=O) groups is 5. The van der Waals surface area contributed by atoms with Gasteiger partial charge >= 0.3 is 0 Å². The molecule has 0 saturated heterocycles. The molecule has 5 amide bonds. The lowest BCUT2D eigenvalue weighted by molar-refractivity contribution is -0.132. The molecule has 0 aromatic rings. The zero-order valence-corrected chi connectivity index (χ0v) is 18.4. The van der Waals surface area contributed by atoms with Gasteiger partial charge in [0.15, 0.2) is 0 Å². The highest BCUT2D eigenvalue weighted by molar-refractivity contribution is 5.88. The minimum absolute atomic E-state index is 0.183. The number of hydrogen-bond acceptors (Lipinski definition) is 5. The van der Waals surface area contributed by atoms with Gasteiger partial charge in [0.1, 0.15) is 0 Å². The Morgan fingerprint density at radius 3 is 1.48 bits per heavy atom. The van der Waals surface area contributed by atoms with Gasteiger partial charge in [-0.25, -0.2) is 0 Å². The van der Waals surface area contributed by atoms with Gasteiger partial charge in [-0.3, -0.25) is 24.0 Å². The normalized spacial score (nSPS) is 9.74. The topological polar surface area (TPSA) is 119 Å². The average Bonchev–Trinajstić information content (AvgIpc) is 2.74. The van der Waals surface area contributed by atoms with Gasteiger partial charge < -0.3 is 25.3 Å². The Morgan fingerprint density at radius 2 is 1.06 bits per heavy atom. The summed E-state index contributed by atoms with van der Waals surface area (Å²) in [5, 5.41) is 5.21. The molecule has 0 aromatic heterocycles. The summed E-state index contributed by atoms with van der Waals surface area (Å²) >= 11 is 0. The summed E-state index contributed by atoms with van der Waals surface area (Å²) in [6, 6.07) is 0. The van der Waals surface area contributed by atoms with Crippen LogP contribution in [-0.4, -0.2) is 96.6 Å². The van der Waals surface area contributed by atoms with E-state index in [1.165, 1.54) is 34.6 Å². The summed E-state index contributed by atoms with van der Waals surface area (Å²) in [4.78, 5) is 62.9. The first-order chi connectivity index (χ1) is 14.7. The van der Waals surface area contributed by atoms with E-state index >= 15 is 0 Å². The minimum Gasteiger partial charge on any atom is -0.355 e. The largest absolute Gasteiger partial charge is 0.355 e. The standard InChI is InChI=1S/C21H33N5O5/c1-6-19(29)23-10-12-25(20(30)7-2)15-16-26(21(31)8-3)14-13-24(18(5)28)11-9-22-17(4)27/h6-8H,1-3,9-16H2,4-5H3,(H,22,27)(H,23,29). The second-order valence-electron chi connectivity index (χ2n) is 6.54. The molecule has 10 heteroatoms. The van der Waals surface area contributed by atoms with Crippen molar-refractivity contribution in [1.82, 2.24) is 25.3 Å². The molecule has 0 atom stereocenters. The lowest BCUT2D eigenvalue weighted by Gasteiger charge is -2.29. The van der Waals surface area contributed by atoms with Crippen LogP contribution in [0.1, 0.15) is 13.8 Å². The van der Waals surface area contributed by atoms with Crippen molar-refractivity contribution in [3.63, 3.8) is 0 Å². The molecule has 0 saturated carbocycles. The van der Waals surface area contributed by atoms with Crippen molar-refractivity contribution >= 4 is 29.5 Å². The molecule has 0 bridgehead atoms. The first-order valence-corrected chi connectivity index (χ1v) is 9.89. The number of nitrogens with one attached hydrogen (secondary N) is 2. The fraction of sp³-hybridized carbons (Fsp3) is 0.476. The third-order valence-electron chi connectivity index (χ3n) is 4.32. The molecule has 0 radical (unpaired) electrons. The zero-order chi connectivity index (χ0) is 23.8. The van der Waals surface area contributed by atoms with Crippen molar-refractivity contribution < 1.29 is 24.0 Å². The van der Waals surface area contributed by atoms with Crippen LogP contribution in [0.4, 0.5) is 0 Å². The Kier molecular flexibility index (Phi) is 13.7. The van der Waals surface area contributed by atoms with Gasteiger partial charge in [0.2, 0.25) is 29.5 Å². The lowest BCUT2D eigenvalue weighted by atomic mass is 10.3. The Hall–Kier alpha value is -3.43. The Bertz CT molecular complexity index is 692. The second kappa shape index (κ2) is 15.4. The van der Waals surface area contributed by atoms with Crippen molar-refractivity contribution in [2.24, 2.45) is 0 Å². The maximum Gasteiger partial charge on any atom is 0.246 e. The maximum absolute atomic E-state index is 12.2. The Labute approximate surface area is 183 Å². The molecule has 0 rings (SSSR count). The fourth-order valence-electron chi connectivity index (χ4n) is 2.59. The molecule has 10 nitrogen and oxygen atoms in total. The molecule has 0 spiro atoms. The lowest BCUT2D eigenvalue weighted by Crippen LogP contribution is -2.46. The number of rotatable bonds is 15. The molecule has 0 aliphatic heterocycles. The van der Waals surface area contributed by atoms with Crippen LogP contribution in [0.15, 0.2) is 38.0 Å². The van der Waals surface area contributed by atoms with Crippen molar-refractivity contribution in [3.05, 3.63) is 38.0 Å². The average molecular weight is 436 g/mol. The first kappa shape index (κ1) is 27.6. The van der Waals surface area contributed by atoms with Gasteiger partial charge in [-0.05, 0) is 18.2 Å². The molecule has 0 aliphatic carbocycles. The van der Waals surface area contributed by atoms with Gasteiger partial charge in [-0.15, -0.1) is 0 Å². The van der Waals surface area contributed by atoms with E-state index in [1.54, 1.807) is 0 Å². The third kappa shape index (κ3) is 12.0. The van der Waals surface area contributed by atoms with Crippen LogP contribution < -0.4 is 10.6 Å². The highest BCUT2D eigenvalue weighted by Gasteiger charge is 2.17. The van der Waals surface area contributed by atoms with E-state index in [2.05, 4.69) is 30.4 Å². The predicted octanol–water partition coefficient (Wildman–Crippen LogP) is -0.698. The molecule has 2 N–H and O–H groups in total. The number of hydrogen-bond donors (Lipinski definition) is 2. The van der Waals surface area contributed by atoms with Gasteiger partial charge in [0, 0.05) is 66.2 Å². The monoisotopic (exact) mass is 435 g/mol. The van der Waals surface area contributed by atoms with Gasteiger partial charge in [-0.1, -0.05) is 19.7 Å². The van der Waals surface area contributed by atoms with Crippen LogP contribution in [0.3, 0.4) is 0 Å². The van der Waals surface area contributed by atoms with E-state index in [0.717, 1.165) is 12.2 Å². The van der Waals surface area contributed by atoms with Crippen LogP contribution in [0.5, 0.6) is 0 Å². The molecule has 31 heavy (non-hydrogen) atoms. The second-order valence-corrected chi connectivity index (χ2v) is 6.54. The van der Waals surface area contributed by atoms with Crippen molar-refractivity contribution in [1.29, 1.82) is 0 Å². The summed E-state index contributed by atoms with van der Waals surface area (Å²) in [6.45, 7) is 15.1. The summed E-state index contributed by atoms with van der Waals surface area (Å²) in [7, 11) is 0. The SMILES string of the molecule is C=CC(=O)NCCN(CCN(CCN(CCNC(C)=O)C(C)=O)C(=O)C=C)C(=O)C=C. The summed E-state index contributed by atoms with van der Waals surface area (Å²) in [5.41, 5.74) is 0. The molecular formula is C21H33N5O5. The van der Waals surface area contributed by atoms with E-state index < -0.39 is 0 Å². The summed E-state index contributed by atoms with van der Waals surface area (Å²) in [5.74, 6) is -1.39. The van der Waals surface area contributed by atoms with Crippen LogP contribution in [-0.2, 0) is 24.0 Å². The van der Waals surface area contributed by atoms with Crippen molar-refractivity contribution in [2.75, 3.05) is 52.4 Å². The number of nitrogens with zero attached hydrogens (tertiary/aromatic N) is 3. The van der Waals surface area contributed by atoms with E-state index in [-0.39, 0.29) is 68.8 Å². The third-order valence-corrected chi connectivity index (χ3v) is 4.32. The molecule has 0 aliphatic rings. The summed E-state index contributed by atoms with van der Waals surface area (Å²) in [6.07, 6.45) is 3.46. The van der Waals surface area contributed by atoms with Crippen LogP contribution >= 0.6 is 0 Å². The molecule has 0 unspecified atom stereocenters. The smallest absolute Gasteiger partial charge is 0.246 e. The molecule has 0 fully saturated rings.